The van der Waals surface area contributed by atoms with Crippen molar-refractivity contribution in [2.24, 2.45) is 0 Å². The Hall–Kier alpha value is -2.55. The van der Waals surface area contributed by atoms with E-state index in [0.717, 1.165) is 24.2 Å². The fourth-order valence-electron chi connectivity index (χ4n) is 2.75. The Kier molecular flexibility index (Phi) is 3.96. The normalized spacial score (nSPS) is 14.7. The average molecular weight is 294 g/mol. The molecule has 0 heterocycles. The van der Waals surface area contributed by atoms with Crippen molar-refractivity contribution in [2.45, 2.75) is 25.9 Å². The predicted molar refractivity (Wildman–Crippen MR) is 86.0 cm³/mol. The van der Waals surface area contributed by atoms with Crippen LogP contribution in [0.4, 0.5) is 0 Å². The van der Waals surface area contributed by atoms with Gasteiger partial charge in [-0.25, -0.2) is 4.79 Å². The summed E-state index contributed by atoms with van der Waals surface area (Å²) in [6.45, 7) is 1.59. The standard InChI is InChI=1S/C19H18O3/c1-13(19(20)21)10-14-6-8-17(9-7-14)22-18-11-15-4-2-3-5-16(15)12-18/h2-10,18H,11-12H2,1H3,(H,20,21). The SMILES string of the molecule is CC(=Cc1ccc(OC2Cc3ccccc3C2)cc1)C(=O)O. The second-order valence-electron chi connectivity index (χ2n) is 5.62. The van der Waals surface area contributed by atoms with Crippen molar-refractivity contribution >= 4 is 12.0 Å². The third-order valence-corrected chi connectivity index (χ3v) is 3.92. The van der Waals surface area contributed by atoms with Crippen LogP contribution in [0.2, 0.25) is 0 Å². The number of hydrogen-bond donors (Lipinski definition) is 1. The van der Waals surface area contributed by atoms with E-state index >= 15 is 0 Å². The van der Waals surface area contributed by atoms with Gasteiger partial charge in [-0.2, -0.15) is 0 Å². The molecule has 0 saturated carbocycles. The summed E-state index contributed by atoms with van der Waals surface area (Å²) in [4.78, 5) is 10.8. The average Bonchev–Trinajstić information content (AvgIpc) is 2.91. The van der Waals surface area contributed by atoms with Gasteiger partial charge in [-0.15, -0.1) is 0 Å². The topological polar surface area (TPSA) is 46.5 Å². The van der Waals surface area contributed by atoms with Crippen molar-refractivity contribution < 1.29 is 14.6 Å². The molecule has 0 unspecified atom stereocenters. The summed E-state index contributed by atoms with van der Waals surface area (Å²) in [6, 6.07) is 16.0. The fraction of sp³-hybridized carbons (Fsp3) is 0.211. The lowest BCUT2D eigenvalue weighted by molar-refractivity contribution is -0.132. The summed E-state index contributed by atoms with van der Waals surface area (Å²) in [7, 11) is 0. The lowest BCUT2D eigenvalue weighted by Crippen LogP contribution is -2.16. The van der Waals surface area contributed by atoms with Gasteiger partial charge in [0.15, 0.2) is 0 Å². The number of carboxylic acids is 1. The zero-order valence-electron chi connectivity index (χ0n) is 12.5. The molecule has 22 heavy (non-hydrogen) atoms. The van der Waals surface area contributed by atoms with Crippen LogP contribution < -0.4 is 4.74 Å². The van der Waals surface area contributed by atoms with Crippen molar-refractivity contribution in [3.05, 3.63) is 70.8 Å². The summed E-state index contributed by atoms with van der Waals surface area (Å²) >= 11 is 0. The van der Waals surface area contributed by atoms with Gasteiger partial charge in [0, 0.05) is 18.4 Å². The molecule has 2 aromatic carbocycles. The van der Waals surface area contributed by atoms with Crippen LogP contribution in [0.1, 0.15) is 23.6 Å². The molecule has 1 N–H and O–H groups in total. The quantitative estimate of drug-likeness (QED) is 0.874. The molecule has 1 aliphatic carbocycles. The van der Waals surface area contributed by atoms with Crippen molar-refractivity contribution in [3.63, 3.8) is 0 Å². The molecule has 0 amide bonds. The largest absolute Gasteiger partial charge is 0.490 e. The monoisotopic (exact) mass is 294 g/mol. The first-order valence-electron chi connectivity index (χ1n) is 7.37. The number of carboxylic acid groups (broad SMARTS) is 1. The van der Waals surface area contributed by atoms with E-state index < -0.39 is 5.97 Å². The van der Waals surface area contributed by atoms with Gasteiger partial charge >= 0.3 is 5.97 Å². The molecule has 1 aliphatic rings. The Bertz CT molecular complexity index is 689. The lowest BCUT2D eigenvalue weighted by Gasteiger charge is -2.13. The molecular weight excluding hydrogens is 276 g/mol. The zero-order valence-corrected chi connectivity index (χ0v) is 12.5. The summed E-state index contributed by atoms with van der Waals surface area (Å²) in [5.41, 5.74) is 3.91. The highest BCUT2D eigenvalue weighted by atomic mass is 16.5. The molecular formula is C19H18O3. The van der Waals surface area contributed by atoms with E-state index in [2.05, 4.69) is 24.3 Å². The number of rotatable bonds is 4. The Labute approximate surface area is 129 Å². The lowest BCUT2D eigenvalue weighted by atomic mass is 10.1. The van der Waals surface area contributed by atoms with E-state index in [-0.39, 0.29) is 6.10 Å². The van der Waals surface area contributed by atoms with E-state index in [9.17, 15) is 4.79 Å². The minimum absolute atomic E-state index is 0.180. The number of hydrogen-bond acceptors (Lipinski definition) is 2. The minimum atomic E-state index is -0.899. The zero-order chi connectivity index (χ0) is 15.5. The van der Waals surface area contributed by atoms with Gasteiger partial charge in [-0.1, -0.05) is 36.4 Å². The maximum absolute atomic E-state index is 10.8. The van der Waals surface area contributed by atoms with E-state index in [1.807, 2.05) is 24.3 Å². The van der Waals surface area contributed by atoms with Crippen LogP contribution in [0.5, 0.6) is 5.75 Å². The number of carbonyl (C=O) groups is 1. The summed E-state index contributed by atoms with van der Waals surface area (Å²) in [5.74, 6) is -0.0769. The van der Waals surface area contributed by atoms with Gasteiger partial charge in [0.25, 0.3) is 0 Å². The van der Waals surface area contributed by atoms with E-state index in [1.165, 1.54) is 11.1 Å². The molecule has 0 saturated heterocycles. The van der Waals surface area contributed by atoms with Gasteiger partial charge in [-0.05, 0) is 41.8 Å². The molecule has 0 spiro atoms. The highest BCUT2D eigenvalue weighted by Crippen LogP contribution is 2.26. The van der Waals surface area contributed by atoms with Crippen LogP contribution in [-0.2, 0) is 17.6 Å². The van der Waals surface area contributed by atoms with E-state index in [4.69, 9.17) is 9.84 Å². The molecule has 2 aromatic rings. The smallest absolute Gasteiger partial charge is 0.331 e. The third kappa shape index (κ3) is 3.19. The summed E-state index contributed by atoms with van der Waals surface area (Å²) < 4.78 is 6.03. The van der Waals surface area contributed by atoms with E-state index in [0.29, 0.717) is 5.57 Å². The molecule has 0 radical (unpaired) electrons. The molecule has 0 bridgehead atoms. The molecule has 0 aromatic heterocycles. The van der Waals surface area contributed by atoms with Crippen LogP contribution in [0.3, 0.4) is 0 Å². The first kappa shape index (κ1) is 14.4. The van der Waals surface area contributed by atoms with Crippen molar-refractivity contribution in [3.8, 4) is 5.75 Å². The number of aliphatic carboxylic acids is 1. The summed E-state index contributed by atoms with van der Waals surface area (Å²) in [6.07, 6.45) is 3.71. The maximum Gasteiger partial charge on any atom is 0.331 e. The third-order valence-electron chi connectivity index (χ3n) is 3.92. The highest BCUT2D eigenvalue weighted by Gasteiger charge is 2.22. The number of benzene rings is 2. The van der Waals surface area contributed by atoms with Gasteiger partial charge < -0.3 is 9.84 Å². The molecule has 112 valence electrons. The van der Waals surface area contributed by atoms with Gasteiger partial charge in [0.2, 0.25) is 0 Å². The molecule has 3 heteroatoms. The Morgan fingerprint density at radius 1 is 1.09 bits per heavy atom. The predicted octanol–water partition coefficient (Wildman–Crippen LogP) is 3.72. The molecule has 3 rings (SSSR count). The fourth-order valence-corrected chi connectivity index (χ4v) is 2.75. The van der Waals surface area contributed by atoms with Crippen LogP contribution in [0.25, 0.3) is 6.08 Å². The molecule has 0 aliphatic heterocycles. The van der Waals surface area contributed by atoms with Crippen molar-refractivity contribution in [1.82, 2.24) is 0 Å². The highest BCUT2D eigenvalue weighted by molar-refractivity contribution is 5.91. The Morgan fingerprint density at radius 3 is 2.23 bits per heavy atom. The van der Waals surface area contributed by atoms with Gasteiger partial charge in [0.05, 0.1) is 0 Å². The number of fused-ring (bicyclic) bond motifs is 1. The minimum Gasteiger partial charge on any atom is -0.490 e. The van der Waals surface area contributed by atoms with Crippen molar-refractivity contribution in [2.75, 3.05) is 0 Å². The maximum atomic E-state index is 10.8. The van der Waals surface area contributed by atoms with Crippen LogP contribution in [-0.4, -0.2) is 17.2 Å². The van der Waals surface area contributed by atoms with Gasteiger partial charge in [-0.3, -0.25) is 0 Å². The summed E-state index contributed by atoms with van der Waals surface area (Å²) in [5, 5.41) is 8.88. The van der Waals surface area contributed by atoms with Gasteiger partial charge in [0.1, 0.15) is 11.9 Å². The van der Waals surface area contributed by atoms with Crippen LogP contribution in [0, 0.1) is 0 Å². The number of ether oxygens (including phenoxy) is 1. The Morgan fingerprint density at radius 2 is 1.68 bits per heavy atom. The van der Waals surface area contributed by atoms with E-state index in [1.54, 1.807) is 13.0 Å². The molecule has 3 nitrogen and oxygen atoms in total. The van der Waals surface area contributed by atoms with Crippen LogP contribution in [0.15, 0.2) is 54.1 Å². The van der Waals surface area contributed by atoms with Crippen molar-refractivity contribution in [1.29, 1.82) is 0 Å². The second kappa shape index (κ2) is 6.06. The first-order chi connectivity index (χ1) is 10.6. The van der Waals surface area contributed by atoms with Crippen LogP contribution >= 0.6 is 0 Å². The first-order valence-corrected chi connectivity index (χ1v) is 7.37. The molecule has 0 fully saturated rings. The molecule has 0 atom stereocenters. The second-order valence-corrected chi connectivity index (χ2v) is 5.62. The Balaban J connectivity index is 1.65.